The molecule has 8 rings (SSSR count). The van der Waals surface area contributed by atoms with E-state index in [2.05, 4.69) is 25.9 Å². The van der Waals surface area contributed by atoms with Gasteiger partial charge in [0, 0.05) is 12.1 Å². The fourth-order valence-electron chi connectivity index (χ4n) is 5.99. The minimum absolute atomic E-state index is 0.175. The van der Waals surface area contributed by atoms with Crippen molar-refractivity contribution >= 4 is 44.8 Å². The van der Waals surface area contributed by atoms with Gasteiger partial charge in [-0.05, 0) is 45.7 Å². The normalized spacial score (nSPS) is 11.7. The first-order chi connectivity index (χ1) is 25.6. The van der Waals surface area contributed by atoms with Crippen LogP contribution in [0, 0.1) is 0 Å². The van der Waals surface area contributed by atoms with Crippen molar-refractivity contribution in [3.8, 4) is 26.9 Å². The number of aromatic nitrogens is 4. The Hall–Kier alpha value is -6.50. The average Bonchev–Trinajstić information content (AvgIpc) is 4.02. The van der Waals surface area contributed by atoms with Crippen LogP contribution in [0.15, 0.2) is 161 Å². The largest absolute Gasteiger partial charge is 0.364 e. The molecule has 12 heteroatoms. The van der Waals surface area contributed by atoms with Crippen LogP contribution in [0.4, 0.5) is 10.3 Å². The number of rotatable bonds is 11. The highest BCUT2D eigenvalue weighted by molar-refractivity contribution is 7.19. The van der Waals surface area contributed by atoms with Gasteiger partial charge in [-0.25, -0.2) is 9.78 Å². The van der Waals surface area contributed by atoms with Crippen LogP contribution in [0.2, 0.25) is 0 Å². The minimum Gasteiger partial charge on any atom is -0.364 e. The van der Waals surface area contributed by atoms with E-state index in [0.717, 1.165) is 37.7 Å². The lowest BCUT2D eigenvalue weighted by Gasteiger charge is -2.17. The maximum atomic E-state index is 14.2. The zero-order valence-corrected chi connectivity index (χ0v) is 29.0. The molecule has 8 aromatic rings. The van der Waals surface area contributed by atoms with Crippen molar-refractivity contribution in [3.63, 3.8) is 0 Å². The van der Waals surface area contributed by atoms with E-state index in [1.54, 1.807) is 24.5 Å². The molecule has 254 valence electrons. The van der Waals surface area contributed by atoms with E-state index in [1.165, 1.54) is 28.9 Å². The molecule has 0 saturated carbocycles. The molecule has 4 aromatic heterocycles. The molecule has 52 heavy (non-hydrogen) atoms. The zero-order chi connectivity index (χ0) is 35.3. The summed E-state index contributed by atoms with van der Waals surface area (Å²) in [5, 5.41) is 15.1. The molecule has 0 aliphatic rings. The number of amides is 2. The maximum Gasteiger partial charge on any atom is 0.347 e. The number of carbonyl (C=O) groups is 2. The number of carbonyl (C=O) groups excluding carboxylic acids is 2. The van der Waals surface area contributed by atoms with Crippen LogP contribution in [-0.2, 0) is 9.59 Å². The van der Waals surface area contributed by atoms with E-state index in [9.17, 15) is 9.59 Å². The summed E-state index contributed by atoms with van der Waals surface area (Å²) in [5.74, 6) is -0.981. The second-order valence-corrected chi connectivity index (χ2v) is 13.8. The Balaban J connectivity index is 1.11. The first-order valence-electron chi connectivity index (χ1n) is 16.3. The summed E-state index contributed by atoms with van der Waals surface area (Å²) in [4.78, 5) is 34.1. The number of hydrogen-bond donors (Lipinski definition) is 2. The molecule has 0 aliphatic heterocycles. The molecular weight excluding hydrogens is 693 g/mol. The molecule has 0 bridgehead atoms. The van der Waals surface area contributed by atoms with Gasteiger partial charge in [-0.15, -0.1) is 0 Å². The number of thiazole rings is 2. The molecule has 1 atom stereocenters. The van der Waals surface area contributed by atoms with Gasteiger partial charge in [0.15, 0.2) is 10.9 Å². The second-order valence-electron chi connectivity index (χ2n) is 11.7. The fraction of sp³-hybridized carbons (Fsp3) is 0.0500. The lowest BCUT2D eigenvalue weighted by molar-refractivity contribution is -0.575. The molecule has 4 aromatic carbocycles. The Morgan fingerprint density at radius 3 is 1.81 bits per heavy atom. The standard InChI is InChI=1S/C40H28N6O4S2/c47-37(43-39-41-24-33(51-39)32-20-22-42-50-32)36(28-14-8-3-9-15-28)29-16-18-30(19-17-29)46-25-34(31-21-23-49-45-31)52-40(46)44-38(48)35(26-10-4-1-5-11-26)27-12-6-2-7-13-27/h1-25,35-36H,(H,41,42,43,47)/p+1. The third kappa shape index (κ3) is 6.93. The van der Waals surface area contributed by atoms with E-state index in [0.29, 0.717) is 21.7 Å². The predicted molar refractivity (Wildman–Crippen MR) is 199 cm³/mol. The molecule has 0 saturated heterocycles. The van der Waals surface area contributed by atoms with Crippen LogP contribution in [0.1, 0.15) is 34.1 Å². The van der Waals surface area contributed by atoms with Gasteiger partial charge in [-0.1, -0.05) is 125 Å². The monoisotopic (exact) mass is 721 g/mol. The third-order valence-corrected chi connectivity index (χ3v) is 10.4. The summed E-state index contributed by atoms with van der Waals surface area (Å²) in [6, 6.07) is 40.3. The topological polar surface area (TPSA) is 127 Å². The van der Waals surface area contributed by atoms with Crippen molar-refractivity contribution < 1.29 is 23.2 Å². The van der Waals surface area contributed by atoms with Gasteiger partial charge in [-0.3, -0.25) is 4.79 Å². The van der Waals surface area contributed by atoms with Crippen molar-refractivity contribution in [2.45, 2.75) is 11.8 Å². The molecule has 4 heterocycles. The Morgan fingerprint density at radius 2 is 1.25 bits per heavy atom. The number of nitrogens with one attached hydrogen (secondary N) is 2. The SMILES string of the molecule is O=C(Nc1ncc(-c2ccno2)s1)C(c1ccccc1)c1ccc(-[n+]2cc(-c3ccon3)sc2NC(=O)C(c2ccccc2)c2ccccc2)cc1. The molecule has 0 aliphatic carbocycles. The lowest BCUT2D eigenvalue weighted by atomic mass is 9.90. The van der Waals surface area contributed by atoms with Crippen LogP contribution in [-0.4, -0.2) is 27.1 Å². The van der Waals surface area contributed by atoms with Crippen molar-refractivity contribution in [3.05, 3.63) is 175 Å². The number of benzene rings is 4. The van der Waals surface area contributed by atoms with E-state index < -0.39 is 11.8 Å². The number of hydrogen-bond acceptors (Lipinski definition) is 9. The number of anilines is 2. The first kappa shape index (κ1) is 32.7. The van der Waals surface area contributed by atoms with Gasteiger partial charge in [-0.2, -0.15) is 9.88 Å². The minimum atomic E-state index is -0.622. The molecule has 0 radical (unpaired) electrons. The lowest BCUT2D eigenvalue weighted by Crippen LogP contribution is -2.34. The zero-order valence-electron chi connectivity index (χ0n) is 27.3. The van der Waals surface area contributed by atoms with Crippen LogP contribution in [0.3, 0.4) is 0 Å². The Kier molecular flexibility index (Phi) is 9.29. The summed E-state index contributed by atoms with van der Waals surface area (Å²) in [6.07, 6.45) is 6.65. The van der Waals surface area contributed by atoms with Crippen LogP contribution >= 0.6 is 22.7 Å². The van der Waals surface area contributed by atoms with Crippen molar-refractivity contribution in [1.29, 1.82) is 0 Å². The Morgan fingerprint density at radius 1 is 0.654 bits per heavy atom. The van der Waals surface area contributed by atoms with Gasteiger partial charge in [0.1, 0.15) is 34.6 Å². The Labute approximate surface area is 306 Å². The summed E-state index contributed by atoms with van der Waals surface area (Å²) < 4.78 is 12.3. The maximum absolute atomic E-state index is 14.2. The average molecular weight is 722 g/mol. The van der Waals surface area contributed by atoms with E-state index in [1.807, 2.05) is 126 Å². The number of nitrogens with zero attached hydrogens (tertiary/aromatic N) is 4. The quantitative estimate of drug-likeness (QED) is 0.129. The van der Waals surface area contributed by atoms with Crippen LogP contribution in [0.25, 0.3) is 26.9 Å². The van der Waals surface area contributed by atoms with E-state index in [-0.39, 0.29) is 11.8 Å². The highest BCUT2D eigenvalue weighted by Gasteiger charge is 2.31. The van der Waals surface area contributed by atoms with Crippen LogP contribution in [0.5, 0.6) is 0 Å². The molecular formula is C40H29N6O4S2+. The molecule has 2 amide bonds. The summed E-state index contributed by atoms with van der Waals surface area (Å²) >= 11 is 2.70. The van der Waals surface area contributed by atoms with Gasteiger partial charge in [0.25, 0.3) is 0 Å². The first-order valence-corrected chi connectivity index (χ1v) is 17.9. The van der Waals surface area contributed by atoms with Gasteiger partial charge < -0.3 is 14.4 Å². The highest BCUT2D eigenvalue weighted by Crippen LogP contribution is 2.33. The van der Waals surface area contributed by atoms with Gasteiger partial charge in [0.2, 0.25) is 5.91 Å². The third-order valence-electron chi connectivity index (χ3n) is 8.44. The fourth-order valence-corrected chi connectivity index (χ4v) is 7.75. The van der Waals surface area contributed by atoms with Gasteiger partial charge >= 0.3 is 11.0 Å². The molecule has 2 N–H and O–H groups in total. The predicted octanol–water partition coefficient (Wildman–Crippen LogP) is 8.33. The van der Waals surface area contributed by atoms with Crippen LogP contribution < -0.4 is 15.2 Å². The molecule has 0 spiro atoms. The van der Waals surface area contributed by atoms with Crippen molar-refractivity contribution in [1.82, 2.24) is 15.3 Å². The van der Waals surface area contributed by atoms with E-state index >= 15 is 0 Å². The summed E-state index contributed by atoms with van der Waals surface area (Å²) in [5.41, 5.74) is 4.81. The molecule has 0 fully saturated rings. The van der Waals surface area contributed by atoms with Crippen molar-refractivity contribution in [2.75, 3.05) is 10.6 Å². The molecule has 1 unspecified atom stereocenters. The molecule has 10 nitrogen and oxygen atoms in total. The Bertz CT molecular complexity index is 2360. The van der Waals surface area contributed by atoms with Crippen molar-refractivity contribution in [2.24, 2.45) is 0 Å². The highest BCUT2D eigenvalue weighted by atomic mass is 32.1. The summed E-state index contributed by atoms with van der Waals surface area (Å²) in [6.45, 7) is 0. The second kappa shape index (κ2) is 14.8. The summed E-state index contributed by atoms with van der Waals surface area (Å²) in [7, 11) is 0. The van der Waals surface area contributed by atoms with E-state index in [4.69, 9.17) is 9.05 Å². The smallest absolute Gasteiger partial charge is 0.347 e. The van der Waals surface area contributed by atoms with Gasteiger partial charge in [0.05, 0.1) is 23.2 Å².